The topological polar surface area (TPSA) is 75.0 Å². The summed E-state index contributed by atoms with van der Waals surface area (Å²) >= 11 is 0. The molecule has 3 heterocycles. The zero-order chi connectivity index (χ0) is 11.8. The van der Waals surface area contributed by atoms with Gasteiger partial charge in [0.15, 0.2) is 17.2 Å². The number of hydrogen-bond donors (Lipinski definition) is 0. The SMILES string of the molecule is O=c1oc2ccc3c4c2c(c1F)OP(=O)(O3)O4. The third-order valence-corrected chi connectivity index (χ3v) is 3.74. The van der Waals surface area contributed by atoms with Crippen molar-refractivity contribution in [2.45, 2.75) is 0 Å². The van der Waals surface area contributed by atoms with E-state index in [0.29, 0.717) is 0 Å². The highest BCUT2D eigenvalue weighted by molar-refractivity contribution is 7.50. The predicted molar refractivity (Wildman–Crippen MR) is 51.9 cm³/mol. The molecule has 17 heavy (non-hydrogen) atoms. The molecule has 0 aliphatic carbocycles. The van der Waals surface area contributed by atoms with E-state index in [1.807, 2.05) is 0 Å². The standard InChI is InChI=1S/C9H2FO6P/c10-6-8-5-3(13-9(6)11)1-2-4-7(5)15-17(12,14-4)16-8/h1-2H. The van der Waals surface area contributed by atoms with Gasteiger partial charge in [0.05, 0.1) is 0 Å². The van der Waals surface area contributed by atoms with E-state index >= 15 is 0 Å². The molecular formula is C9H2FO6P. The Morgan fingerprint density at radius 2 is 1.88 bits per heavy atom. The maximum absolute atomic E-state index is 13.5. The van der Waals surface area contributed by atoms with Crippen LogP contribution >= 0.6 is 7.82 Å². The van der Waals surface area contributed by atoms with Crippen molar-refractivity contribution in [3.8, 4) is 17.2 Å². The quantitative estimate of drug-likeness (QED) is 0.531. The Labute approximate surface area is 92.1 Å². The van der Waals surface area contributed by atoms with Crippen molar-refractivity contribution in [1.29, 1.82) is 0 Å². The van der Waals surface area contributed by atoms with Gasteiger partial charge in [-0.25, -0.2) is 4.79 Å². The third-order valence-electron chi connectivity index (χ3n) is 2.51. The number of halogens is 1. The highest BCUT2D eigenvalue weighted by Crippen LogP contribution is 2.65. The molecule has 1 unspecified atom stereocenters. The second-order valence-electron chi connectivity index (χ2n) is 3.52. The van der Waals surface area contributed by atoms with Gasteiger partial charge in [-0.15, -0.1) is 0 Å². The van der Waals surface area contributed by atoms with Crippen LogP contribution in [0.2, 0.25) is 0 Å². The van der Waals surface area contributed by atoms with Gasteiger partial charge in [-0.3, -0.25) is 0 Å². The fourth-order valence-electron chi connectivity index (χ4n) is 1.84. The van der Waals surface area contributed by atoms with Gasteiger partial charge in [0.1, 0.15) is 11.0 Å². The summed E-state index contributed by atoms with van der Waals surface area (Å²) in [7, 11) is -3.88. The van der Waals surface area contributed by atoms with Crippen LogP contribution in [0.5, 0.6) is 17.2 Å². The Morgan fingerprint density at radius 3 is 2.71 bits per heavy atom. The van der Waals surface area contributed by atoms with E-state index in [1.165, 1.54) is 12.1 Å². The van der Waals surface area contributed by atoms with Crippen molar-refractivity contribution in [2.75, 3.05) is 0 Å². The number of phosphoric ester groups is 1. The Hall–Kier alpha value is -2.01. The Kier molecular flexibility index (Phi) is 1.31. The Balaban J connectivity index is 2.31. The minimum atomic E-state index is -3.88. The van der Waals surface area contributed by atoms with Crippen molar-refractivity contribution < 1.29 is 26.9 Å². The molecule has 1 aromatic heterocycles. The number of hydrogen-bond acceptors (Lipinski definition) is 6. The largest absolute Gasteiger partial charge is 0.647 e. The molecule has 0 amide bonds. The van der Waals surface area contributed by atoms with Crippen LogP contribution in [0.15, 0.2) is 21.3 Å². The molecule has 0 saturated heterocycles. The predicted octanol–water partition coefficient (Wildman–Crippen LogP) is 2.20. The van der Waals surface area contributed by atoms with Crippen LogP contribution in [0.25, 0.3) is 11.0 Å². The smallest absolute Gasteiger partial charge is 0.420 e. The van der Waals surface area contributed by atoms with Crippen LogP contribution in [0.4, 0.5) is 4.39 Å². The van der Waals surface area contributed by atoms with Crippen LogP contribution in [-0.2, 0) is 4.57 Å². The molecule has 0 N–H and O–H groups in total. The normalized spacial score (nSPS) is 23.4. The lowest BCUT2D eigenvalue weighted by Crippen LogP contribution is -2.11. The maximum Gasteiger partial charge on any atom is 0.647 e. The number of fused-ring (bicyclic) bond motifs is 1. The average molecular weight is 256 g/mol. The molecule has 8 heteroatoms. The Morgan fingerprint density at radius 1 is 1.12 bits per heavy atom. The molecule has 6 nitrogen and oxygen atoms in total. The molecule has 2 bridgehead atoms. The average Bonchev–Trinajstić information content (AvgIpc) is 2.57. The monoisotopic (exact) mass is 256 g/mol. The summed E-state index contributed by atoms with van der Waals surface area (Å²) in [6, 6.07) is 2.81. The maximum atomic E-state index is 13.5. The molecule has 0 radical (unpaired) electrons. The summed E-state index contributed by atoms with van der Waals surface area (Å²) in [5, 5.41) is 0.114. The molecule has 2 aliphatic rings. The lowest BCUT2D eigenvalue weighted by molar-refractivity contribution is 0.316. The molecule has 1 atom stereocenters. The molecule has 1 aromatic carbocycles. The molecule has 2 aliphatic heterocycles. The van der Waals surface area contributed by atoms with E-state index in [4.69, 9.17) is 18.0 Å². The van der Waals surface area contributed by atoms with Gasteiger partial charge in [-0.05, 0) is 12.1 Å². The van der Waals surface area contributed by atoms with Crippen molar-refractivity contribution in [2.24, 2.45) is 0 Å². The third kappa shape index (κ3) is 0.951. The summed E-state index contributed by atoms with van der Waals surface area (Å²) in [5.74, 6) is -1.44. The van der Waals surface area contributed by atoms with E-state index in [9.17, 15) is 13.8 Å². The number of benzene rings is 1. The molecule has 0 saturated carbocycles. The summed E-state index contributed by atoms with van der Waals surface area (Å²) in [6.45, 7) is 0. The van der Waals surface area contributed by atoms with Crippen LogP contribution in [0, 0.1) is 5.82 Å². The van der Waals surface area contributed by atoms with Gasteiger partial charge < -0.3 is 18.0 Å². The van der Waals surface area contributed by atoms with E-state index in [2.05, 4.69) is 0 Å². The van der Waals surface area contributed by atoms with E-state index < -0.39 is 25.0 Å². The lowest BCUT2D eigenvalue weighted by atomic mass is 10.2. The highest BCUT2D eigenvalue weighted by Gasteiger charge is 2.48. The number of phosphoric acid groups is 1. The van der Waals surface area contributed by atoms with Crippen LogP contribution in [-0.4, -0.2) is 0 Å². The van der Waals surface area contributed by atoms with Gasteiger partial charge in [0, 0.05) is 0 Å². The fraction of sp³-hybridized carbons (Fsp3) is 0. The number of rotatable bonds is 0. The second-order valence-corrected chi connectivity index (χ2v) is 4.96. The van der Waals surface area contributed by atoms with Gasteiger partial charge in [-0.1, -0.05) is 0 Å². The lowest BCUT2D eigenvalue weighted by Gasteiger charge is -2.15. The zero-order valence-electron chi connectivity index (χ0n) is 7.93. The first-order valence-corrected chi connectivity index (χ1v) is 6.02. The van der Waals surface area contributed by atoms with Gasteiger partial charge >= 0.3 is 13.4 Å². The minimum absolute atomic E-state index is 0.0785. The summed E-state index contributed by atoms with van der Waals surface area (Å²) in [5.41, 5.74) is -1.11. The molecule has 0 fully saturated rings. The minimum Gasteiger partial charge on any atom is -0.420 e. The fourth-order valence-corrected chi connectivity index (χ4v) is 3.14. The molecule has 4 rings (SSSR count). The first kappa shape index (κ1) is 9.07. The van der Waals surface area contributed by atoms with E-state index in [1.54, 1.807) is 0 Å². The van der Waals surface area contributed by atoms with Crippen LogP contribution in [0.1, 0.15) is 0 Å². The van der Waals surface area contributed by atoms with Crippen molar-refractivity contribution in [3.05, 3.63) is 28.4 Å². The zero-order valence-corrected chi connectivity index (χ0v) is 8.82. The molecular weight excluding hydrogens is 254 g/mol. The molecule has 86 valence electrons. The summed E-state index contributed by atoms with van der Waals surface area (Å²) in [6.07, 6.45) is 0. The Bertz CT molecular complexity index is 794. The van der Waals surface area contributed by atoms with E-state index in [0.717, 1.165) is 0 Å². The summed E-state index contributed by atoms with van der Waals surface area (Å²) < 4.78 is 44.8. The first-order chi connectivity index (χ1) is 8.07. The molecule has 0 spiro atoms. The van der Waals surface area contributed by atoms with Crippen molar-refractivity contribution >= 4 is 18.8 Å². The van der Waals surface area contributed by atoms with E-state index in [-0.39, 0.29) is 22.5 Å². The van der Waals surface area contributed by atoms with Crippen LogP contribution < -0.4 is 19.2 Å². The van der Waals surface area contributed by atoms with Gasteiger partial charge in [0.2, 0.25) is 0 Å². The molecule has 2 aromatic rings. The highest BCUT2D eigenvalue weighted by atomic mass is 31.2. The van der Waals surface area contributed by atoms with Crippen molar-refractivity contribution in [3.63, 3.8) is 0 Å². The second kappa shape index (κ2) is 2.46. The van der Waals surface area contributed by atoms with Gasteiger partial charge in [0.25, 0.3) is 5.82 Å². The van der Waals surface area contributed by atoms with Crippen LogP contribution in [0.3, 0.4) is 0 Å². The summed E-state index contributed by atoms with van der Waals surface area (Å²) in [4.78, 5) is 11.2. The first-order valence-electron chi connectivity index (χ1n) is 4.55. The van der Waals surface area contributed by atoms with Gasteiger partial charge in [-0.2, -0.15) is 8.96 Å². The van der Waals surface area contributed by atoms with Crippen molar-refractivity contribution in [1.82, 2.24) is 0 Å².